The number of rotatable bonds is 2. The third kappa shape index (κ3) is 2.37. The second kappa shape index (κ2) is 4.45. The predicted molar refractivity (Wildman–Crippen MR) is 71.3 cm³/mol. The van der Waals surface area contributed by atoms with Crippen molar-refractivity contribution in [1.29, 1.82) is 0 Å². The van der Waals surface area contributed by atoms with Crippen molar-refractivity contribution < 1.29 is 0 Å². The molecule has 0 aromatic heterocycles. The van der Waals surface area contributed by atoms with Crippen molar-refractivity contribution in [2.24, 2.45) is 0 Å². The molecule has 0 spiro atoms. The van der Waals surface area contributed by atoms with Crippen LogP contribution in [0.2, 0.25) is 0 Å². The third-order valence-electron chi connectivity index (χ3n) is 1.98. The van der Waals surface area contributed by atoms with Gasteiger partial charge in [-0.2, -0.15) is 0 Å². The lowest BCUT2D eigenvalue weighted by Gasteiger charge is -2.09. The quantitative estimate of drug-likeness (QED) is 0.696. The Morgan fingerprint density at radius 1 is 0.929 bits per heavy atom. The Bertz CT molecular complexity index is 368. The smallest absolute Gasteiger partial charge is 0.0261 e. The average Bonchev–Trinajstić information content (AvgIpc) is 2.02. The van der Waals surface area contributed by atoms with Gasteiger partial charge >= 0.3 is 0 Å². The summed E-state index contributed by atoms with van der Waals surface area (Å²) in [7, 11) is 0. The maximum Gasteiger partial charge on any atom is 0.0261 e. The van der Waals surface area contributed by atoms with E-state index in [0.717, 1.165) is 31.2 Å². The van der Waals surface area contributed by atoms with Gasteiger partial charge in [-0.3, -0.25) is 0 Å². The van der Waals surface area contributed by atoms with Crippen LogP contribution in [0.15, 0.2) is 34.2 Å². The lowest BCUT2D eigenvalue weighted by atomic mass is 10.0. The molecule has 0 aliphatic heterocycles. The highest BCUT2D eigenvalue weighted by Gasteiger charge is 2.07. The molecule has 1 aromatic carbocycles. The van der Waals surface area contributed by atoms with Crippen LogP contribution in [0.4, 0.5) is 0 Å². The van der Waals surface area contributed by atoms with E-state index in [1.807, 2.05) is 19.9 Å². The first-order valence-electron chi connectivity index (χ1n) is 4.24. The van der Waals surface area contributed by atoms with Crippen molar-refractivity contribution in [3.63, 3.8) is 0 Å². The highest BCUT2D eigenvalue weighted by molar-refractivity contribution is 9.11. The number of benzene rings is 1. The molecule has 0 saturated carbocycles. The fourth-order valence-corrected chi connectivity index (χ4v) is 2.87. The molecule has 0 fully saturated rings. The first-order chi connectivity index (χ1) is 6.43. The fourth-order valence-electron chi connectivity index (χ4n) is 1.20. The van der Waals surface area contributed by atoms with Crippen LogP contribution in [0.1, 0.15) is 25.0 Å². The van der Waals surface area contributed by atoms with Crippen molar-refractivity contribution in [3.05, 3.63) is 45.4 Å². The van der Waals surface area contributed by atoms with E-state index in [2.05, 4.69) is 51.1 Å². The molecule has 0 saturated heterocycles. The van der Waals surface area contributed by atoms with Gasteiger partial charge in [-0.15, -0.1) is 0 Å². The van der Waals surface area contributed by atoms with Crippen molar-refractivity contribution in [1.82, 2.24) is 0 Å². The van der Waals surface area contributed by atoms with Crippen molar-refractivity contribution in [2.75, 3.05) is 0 Å². The van der Waals surface area contributed by atoms with Crippen LogP contribution in [-0.4, -0.2) is 0 Å². The average molecular weight is 316 g/mol. The Labute approximate surface area is 102 Å². The van der Waals surface area contributed by atoms with Gasteiger partial charge in [0.2, 0.25) is 0 Å². The zero-order valence-electron chi connectivity index (χ0n) is 8.32. The molecule has 0 nitrogen and oxygen atoms in total. The van der Waals surface area contributed by atoms with E-state index in [1.165, 1.54) is 0 Å². The van der Waals surface area contributed by atoms with Gasteiger partial charge in [0, 0.05) is 8.95 Å². The molecule has 0 aliphatic rings. The molecule has 0 N–H and O–H groups in total. The first kappa shape index (κ1) is 11.7. The number of hydrogen-bond donors (Lipinski definition) is 0. The van der Waals surface area contributed by atoms with Gasteiger partial charge in [0.15, 0.2) is 0 Å². The summed E-state index contributed by atoms with van der Waals surface area (Å²) >= 11 is 7.02. The second-order valence-electron chi connectivity index (χ2n) is 3.37. The van der Waals surface area contributed by atoms with E-state index in [-0.39, 0.29) is 0 Å². The lowest BCUT2D eigenvalue weighted by molar-refractivity contribution is 1.45. The van der Waals surface area contributed by atoms with Crippen LogP contribution in [0, 0.1) is 0 Å². The zero-order chi connectivity index (χ0) is 10.9. The fraction of sp³-hybridized carbons (Fsp3) is 0.167. The Hall–Kier alpha value is -0.340. The standard InChI is InChI=1S/C12H12Br2/c1-7(2)9-5-10(8(3)4)12(14)6-11(9)13/h5-6H,1,3H2,2,4H3. The van der Waals surface area contributed by atoms with Crippen LogP contribution in [-0.2, 0) is 0 Å². The summed E-state index contributed by atoms with van der Waals surface area (Å²) < 4.78 is 2.11. The summed E-state index contributed by atoms with van der Waals surface area (Å²) in [6, 6.07) is 4.13. The predicted octanol–water partition coefficient (Wildman–Crippen LogP) is 5.28. The van der Waals surface area contributed by atoms with Gasteiger partial charge < -0.3 is 0 Å². The lowest BCUT2D eigenvalue weighted by Crippen LogP contribution is -1.87. The zero-order valence-corrected chi connectivity index (χ0v) is 11.5. The maximum atomic E-state index is 3.94. The minimum atomic E-state index is 1.05. The Kier molecular flexibility index (Phi) is 3.73. The highest BCUT2D eigenvalue weighted by atomic mass is 79.9. The second-order valence-corrected chi connectivity index (χ2v) is 5.08. The summed E-state index contributed by atoms with van der Waals surface area (Å²) in [5, 5.41) is 0. The maximum absolute atomic E-state index is 3.94. The van der Waals surface area contributed by atoms with Crippen LogP contribution >= 0.6 is 31.9 Å². The van der Waals surface area contributed by atoms with Crippen LogP contribution < -0.4 is 0 Å². The summed E-state index contributed by atoms with van der Waals surface area (Å²) in [6.45, 7) is 11.9. The molecule has 14 heavy (non-hydrogen) atoms. The first-order valence-corrected chi connectivity index (χ1v) is 5.83. The van der Waals surface area contributed by atoms with Gasteiger partial charge in [-0.25, -0.2) is 0 Å². The minimum absolute atomic E-state index is 1.05. The highest BCUT2D eigenvalue weighted by Crippen LogP contribution is 2.32. The van der Waals surface area contributed by atoms with Crippen LogP contribution in [0.5, 0.6) is 0 Å². The molecule has 0 unspecified atom stereocenters. The third-order valence-corrected chi connectivity index (χ3v) is 3.29. The molecular weight excluding hydrogens is 304 g/mol. The number of allylic oxidation sites excluding steroid dienone is 2. The van der Waals surface area contributed by atoms with Gasteiger partial charge in [-0.05, 0) is 48.3 Å². The molecule has 2 heteroatoms. The number of halogens is 2. The molecular formula is C12H12Br2. The molecule has 0 aliphatic carbocycles. The van der Waals surface area contributed by atoms with E-state index in [4.69, 9.17) is 0 Å². The SMILES string of the molecule is C=C(C)c1cc(C(=C)C)c(Br)cc1Br. The molecule has 0 atom stereocenters. The summed E-state index contributed by atoms with van der Waals surface area (Å²) in [5.41, 5.74) is 4.36. The van der Waals surface area contributed by atoms with E-state index >= 15 is 0 Å². The summed E-state index contributed by atoms with van der Waals surface area (Å²) in [4.78, 5) is 0. The Morgan fingerprint density at radius 3 is 1.57 bits per heavy atom. The van der Waals surface area contributed by atoms with Gasteiger partial charge in [0.1, 0.15) is 0 Å². The van der Waals surface area contributed by atoms with Crippen LogP contribution in [0.25, 0.3) is 11.1 Å². The number of hydrogen-bond acceptors (Lipinski definition) is 0. The van der Waals surface area contributed by atoms with E-state index in [0.29, 0.717) is 0 Å². The summed E-state index contributed by atoms with van der Waals surface area (Å²) in [5.74, 6) is 0. The Morgan fingerprint density at radius 2 is 1.29 bits per heavy atom. The van der Waals surface area contributed by atoms with Crippen molar-refractivity contribution in [2.45, 2.75) is 13.8 Å². The van der Waals surface area contributed by atoms with Gasteiger partial charge in [-0.1, -0.05) is 45.0 Å². The van der Waals surface area contributed by atoms with E-state index in [1.54, 1.807) is 0 Å². The molecule has 0 bridgehead atoms. The molecule has 74 valence electrons. The van der Waals surface area contributed by atoms with E-state index in [9.17, 15) is 0 Å². The van der Waals surface area contributed by atoms with Gasteiger partial charge in [0.25, 0.3) is 0 Å². The van der Waals surface area contributed by atoms with Crippen molar-refractivity contribution >= 4 is 43.0 Å². The molecule has 0 radical (unpaired) electrons. The Balaban J connectivity index is 3.42. The van der Waals surface area contributed by atoms with Crippen LogP contribution in [0.3, 0.4) is 0 Å². The normalized spacial score (nSPS) is 10.0. The molecule has 1 aromatic rings. The summed E-state index contributed by atoms with van der Waals surface area (Å²) in [6.07, 6.45) is 0. The monoisotopic (exact) mass is 314 g/mol. The van der Waals surface area contributed by atoms with E-state index < -0.39 is 0 Å². The topological polar surface area (TPSA) is 0 Å². The minimum Gasteiger partial charge on any atom is -0.0955 e. The largest absolute Gasteiger partial charge is 0.0955 e. The molecule has 0 amide bonds. The van der Waals surface area contributed by atoms with Crippen molar-refractivity contribution in [3.8, 4) is 0 Å². The van der Waals surface area contributed by atoms with Gasteiger partial charge in [0.05, 0.1) is 0 Å². The molecule has 1 rings (SSSR count). The molecule has 0 heterocycles.